The van der Waals surface area contributed by atoms with E-state index in [0.29, 0.717) is 31.7 Å². The fraction of sp³-hybridized carbons (Fsp3) is 0.571. The summed E-state index contributed by atoms with van der Waals surface area (Å²) in [5, 5.41) is 3.12. The third-order valence-electron chi connectivity index (χ3n) is 2.91. The van der Waals surface area contributed by atoms with Crippen LogP contribution in [0.25, 0.3) is 0 Å². The molecule has 0 aliphatic carbocycles. The zero-order valence-corrected chi connectivity index (χ0v) is 11.6. The largest absolute Gasteiger partial charge is 0.419 e. The summed E-state index contributed by atoms with van der Waals surface area (Å²) in [6, 6.07) is 2.83. The molecule has 6 heteroatoms. The molecule has 0 radical (unpaired) electrons. The highest BCUT2D eigenvalue weighted by molar-refractivity contribution is 5.28. The van der Waals surface area contributed by atoms with E-state index in [1.54, 1.807) is 0 Å². The molecule has 2 nitrogen and oxygen atoms in total. The predicted octanol–water partition coefficient (Wildman–Crippen LogP) is 3.92. The Hall–Kier alpha value is -1.14. The Morgan fingerprint density at radius 2 is 1.95 bits per heavy atom. The summed E-state index contributed by atoms with van der Waals surface area (Å²) >= 11 is 0. The van der Waals surface area contributed by atoms with Gasteiger partial charge in [0.05, 0.1) is 5.56 Å². The maximum atomic E-state index is 13.6. The topological polar surface area (TPSA) is 21.3 Å². The number of nitrogens with one attached hydrogen (secondary N) is 1. The lowest BCUT2D eigenvalue weighted by Crippen LogP contribution is -2.23. The third kappa shape index (κ3) is 4.76. The quantitative estimate of drug-likeness (QED) is 0.607. The summed E-state index contributed by atoms with van der Waals surface area (Å²) in [6.07, 6.45) is -4.09. The molecule has 0 aliphatic rings. The van der Waals surface area contributed by atoms with Gasteiger partial charge in [-0.3, -0.25) is 0 Å². The lowest BCUT2D eigenvalue weighted by atomic mass is 10.0. The van der Waals surface area contributed by atoms with E-state index >= 15 is 0 Å². The Bertz CT molecular complexity index is 420. The summed E-state index contributed by atoms with van der Waals surface area (Å²) in [5.41, 5.74) is -0.738. The van der Waals surface area contributed by atoms with E-state index in [2.05, 4.69) is 5.32 Å². The molecule has 0 heterocycles. The highest BCUT2D eigenvalue weighted by Crippen LogP contribution is 2.32. The van der Waals surface area contributed by atoms with Gasteiger partial charge in [0.2, 0.25) is 0 Å². The highest BCUT2D eigenvalue weighted by atomic mass is 19.4. The molecule has 20 heavy (non-hydrogen) atoms. The van der Waals surface area contributed by atoms with Crippen molar-refractivity contribution in [1.29, 1.82) is 0 Å². The molecule has 0 bridgehead atoms. The van der Waals surface area contributed by atoms with E-state index in [1.165, 1.54) is 6.07 Å². The number of alkyl halides is 3. The molecule has 1 atom stereocenters. The first kappa shape index (κ1) is 16.9. The second kappa shape index (κ2) is 7.59. The summed E-state index contributed by atoms with van der Waals surface area (Å²) in [6.45, 7) is 5.42. The second-order valence-corrected chi connectivity index (χ2v) is 4.33. The van der Waals surface area contributed by atoms with Crippen molar-refractivity contribution in [2.24, 2.45) is 0 Å². The zero-order chi connectivity index (χ0) is 15.2. The minimum absolute atomic E-state index is 0.219. The Morgan fingerprint density at radius 3 is 2.45 bits per heavy atom. The van der Waals surface area contributed by atoms with Gasteiger partial charge in [0.25, 0.3) is 0 Å². The first-order valence-electron chi connectivity index (χ1n) is 6.57. The fourth-order valence-electron chi connectivity index (χ4n) is 1.96. The molecule has 0 aliphatic heterocycles. The number of benzene rings is 1. The van der Waals surface area contributed by atoms with Gasteiger partial charge in [-0.05, 0) is 37.6 Å². The monoisotopic (exact) mass is 293 g/mol. The lowest BCUT2D eigenvalue weighted by molar-refractivity contribution is -0.140. The first-order valence-corrected chi connectivity index (χ1v) is 6.57. The predicted molar refractivity (Wildman–Crippen MR) is 68.9 cm³/mol. The molecule has 1 N–H and O–H groups in total. The molecule has 1 aromatic carbocycles. The Morgan fingerprint density at radius 1 is 1.25 bits per heavy atom. The van der Waals surface area contributed by atoms with Crippen LogP contribution in [0.5, 0.6) is 0 Å². The second-order valence-electron chi connectivity index (χ2n) is 4.33. The fourth-order valence-corrected chi connectivity index (χ4v) is 1.96. The number of ether oxygens (including phenoxy) is 1. The number of hydrogen-bond donors (Lipinski definition) is 1. The molecular weight excluding hydrogens is 274 g/mol. The van der Waals surface area contributed by atoms with E-state index in [9.17, 15) is 17.6 Å². The minimum atomic E-state index is -4.67. The third-order valence-corrected chi connectivity index (χ3v) is 2.91. The van der Waals surface area contributed by atoms with Crippen molar-refractivity contribution in [3.8, 4) is 0 Å². The first-order chi connectivity index (χ1) is 9.40. The van der Waals surface area contributed by atoms with Crippen LogP contribution in [0.1, 0.15) is 37.4 Å². The van der Waals surface area contributed by atoms with E-state index in [0.717, 1.165) is 12.1 Å². The molecule has 0 fully saturated rings. The molecule has 0 saturated carbocycles. The number of hydrogen-bond acceptors (Lipinski definition) is 2. The van der Waals surface area contributed by atoms with Gasteiger partial charge in [0.15, 0.2) is 0 Å². The smallest absolute Gasteiger partial charge is 0.382 e. The van der Waals surface area contributed by atoms with Gasteiger partial charge in [-0.2, -0.15) is 13.2 Å². The van der Waals surface area contributed by atoms with Crippen LogP contribution in [-0.2, 0) is 10.9 Å². The van der Waals surface area contributed by atoms with Crippen molar-refractivity contribution in [2.75, 3.05) is 19.8 Å². The van der Waals surface area contributed by atoms with Crippen molar-refractivity contribution in [3.05, 3.63) is 35.1 Å². The molecule has 0 spiro atoms. The average molecular weight is 293 g/mol. The van der Waals surface area contributed by atoms with E-state index in [-0.39, 0.29) is 6.04 Å². The van der Waals surface area contributed by atoms with Crippen molar-refractivity contribution < 1.29 is 22.3 Å². The van der Waals surface area contributed by atoms with Gasteiger partial charge in [0.1, 0.15) is 5.82 Å². The molecule has 0 aromatic heterocycles. The molecular formula is C14H19F4NO. The molecule has 1 aromatic rings. The maximum absolute atomic E-state index is 13.6. The van der Waals surface area contributed by atoms with Crippen molar-refractivity contribution in [2.45, 2.75) is 32.5 Å². The maximum Gasteiger partial charge on any atom is 0.419 e. The van der Waals surface area contributed by atoms with Gasteiger partial charge in [0, 0.05) is 19.3 Å². The van der Waals surface area contributed by atoms with Crippen LogP contribution < -0.4 is 5.32 Å². The van der Waals surface area contributed by atoms with Crippen molar-refractivity contribution >= 4 is 0 Å². The zero-order valence-electron chi connectivity index (χ0n) is 11.6. The molecule has 1 unspecified atom stereocenters. The van der Waals surface area contributed by atoms with E-state index in [1.807, 2.05) is 13.8 Å². The van der Waals surface area contributed by atoms with Crippen LogP contribution in [0.15, 0.2) is 18.2 Å². The van der Waals surface area contributed by atoms with Crippen LogP contribution in [0, 0.1) is 5.82 Å². The van der Waals surface area contributed by atoms with Gasteiger partial charge in [-0.15, -0.1) is 0 Å². The normalized spacial score (nSPS) is 13.5. The highest BCUT2D eigenvalue weighted by Gasteiger charge is 2.34. The van der Waals surface area contributed by atoms with Crippen molar-refractivity contribution in [1.82, 2.24) is 5.32 Å². The minimum Gasteiger partial charge on any atom is -0.382 e. The van der Waals surface area contributed by atoms with E-state index in [4.69, 9.17) is 4.74 Å². The van der Waals surface area contributed by atoms with Crippen molar-refractivity contribution in [3.63, 3.8) is 0 Å². The van der Waals surface area contributed by atoms with Crippen LogP contribution in [0.4, 0.5) is 17.6 Å². The Kier molecular flexibility index (Phi) is 6.42. The summed E-state index contributed by atoms with van der Waals surface area (Å²) in [4.78, 5) is 0. The molecule has 0 amide bonds. The van der Waals surface area contributed by atoms with Crippen LogP contribution >= 0.6 is 0 Å². The molecule has 114 valence electrons. The van der Waals surface area contributed by atoms with Gasteiger partial charge in [-0.1, -0.05) is 13.0 Å². The Balaban J connectivity index is 2.89. The Labute approximate surface area is 116 Å². The van der Waals surface area contributed by atoms with Crippen LogP contribution in [0.2, 0.25) is 0 Å². The average Bonchev–Trinajstić information content (AvgIpc) is 2.36. The van der Waals surface area contributed by atoms with Crippen LogP contribution in [-0.4, -0.2) is 19.8 Å². The summed E-state index contributed by atoms with van der Waals surface area (Å²) in [5.74, 6) is -1.24. The van der Waals surface area contributed by atoms with Gasteiger partial charge in [-0.25, -0.2) is 4.39 Å². The van der Waals surface area contributed by atoms with E-state index < -0.39 is 17.6 Å². The van der Waals surface area contributed by atoms with Gasteiger partial charge >= 0.3 is 6.18 Å². The SMILES string of the molecule is CCNC(CCOCC)c1ccc(C(F)(F)F)c(F)c1. The molecule has 1 rings (SSSR count). The van der Waals surface area contributed by atoms with Crippen LogP contribution in [0.3, 0.4) is 0 Å². The summed E-state index contributed by atoms with van der Waals surface area (Å²) < 4.78 is 56.3. The molecule has 0 saturated heterocycles. The number of rotatable bonds is 7. The van der Waals surface area contributed by atoms with Gasteiger partial charge < -0.3 is 10.1 Å². The standard InChI is InChI=1S/C14H19F4NO/c1-3-19-13(7-8-20-4-2)10-5-6-11(12(15)9-10)14(16,17)18/h5-6,9,13,19H,3-4,7-8H2,1-2H3. The number of halogens is 4. The summed E-state index contributed by atoms with van der Waals surface area (Å²) in [7, 11) is 0. The lowest BCUT2D eigenvalue weighted by Gasteiger charge is -2.19.